The SMILES string of the molecule is CC(=O)NCCC(O)C(O)c1ccn[nH]1. The molecule has 0 bridgehead atoms. The second-order valence-corrected chi connectivity index (χ2v) is 3.30. The summed E-state index contributed by atoms with van der Waals surface area (Å²) in [6, 6.07) is 1.59. The molecule has 0 radical (unpaired) electrons. The average molecular weight is 213 g/mol. The second kappa shape index (κ2) is 5.47. The van der Waals surface area contributed by atoms with E-state index in [1.165, 1.54) is 13.1 Å². The molecule has 6 nitrogen and oxygen atoms in total. The maximum Gasteiger partial charge on any atom is 0.216 e. The molecule has 2 unspecified atom stereocenters. The molecule has 0 aromatic carbocycles. The number of hydrogen-bond acceptors (Lipinski definition) is 4. The molecule has 0 aliphatic carbocycles. The number of amides is 1. The molecule has 0 saturated carbocycles. The Morgan fingerprint density at radius 2 is 2.40 bits per heavy atom. The Bertz CT molecular complexity index is 300. The Labute approximate surface area is 87.3 Å². The number of aromatic nitrogens is 2. The van der Waals surface area contributed by atoms with Crippen molar-refractivity contribution < 1.29 is 15.0 Å². The molecule has 2 atom stereocenters. The fourth-order valence-electron chi connectivity index (χ4n) is 1.19. The first-order chi connectivity index (χ1) is 7.11. The molecule has 0 aliphatic rings. The van der Waals surface area contributed by atoms with E-state index in [0.29, 0.717) is 18.7 Å². The van der Waals surface area contributed by atoms with Gasteiger partial charge in [0.05, 0.1) is 11.8 Å². The summed E-state index contributed by atoms with van der Waals surface area (Å²) in [5.41, 5.74) is 0.463. The van der Waals surface area contributed by atoms with E-state index < -0.39 is 12.2 Å². The number of nitrogens with one attached hydrogen (secondary N) is 2. The summed E-state index contributed by atoms with van der Waals surface area (Å²) in [4.78, 5) is 10.6. The summed E-state index contributed by atoms with van der Waals surface area (Å²) >= 11 is 0. The van der Waals surface area contributed by atoms with Crippen LogP contribution < -0.4 is 5.32 Å². The first-order valence-electron chi connectivity index (χ1n) is 4.71. The van der Waals surface area contributed by atoms with Crippen molar-refractivity contribution >= 4 is 5.91 Å². The zero-order valence-corrected chi connectivity index (χ0v) is 8.47. The van der Waals surface area contributed by atoms with Gasteiger partial charge in [-0.25, -0.2) is 0 Å². The fraction of sp³-hybridized carbons (Fsp3) is 0.556. The number of hydrogen-bond donors (Lipinski definition) is 4. The van der Waals surface area contributed by atoms with Gasteiger partial charge in [-0.05, 0) is 12.5 Å². The van der Waals surface area contributed by atoms with Crippen LogP contribution in [-0.2, 0) is 4.79 Å². The highest BCUT2D eigenvalue weighted by Gasteiger charge is 2.18. The van der Waals surface area contributed by atoms with Crippen LogP contribution in [-0.4, -0.2) is 39.0 Å². The van der Waals surface area contributed by atoms with Crippen molar-refractivity contribution in [3.05, 3.63) is 18.0 Å². The highest BCUT2D eigenvalue weighted by molar-refractivity contribution is 5.72. The molecule has 0 fully saturated rings. The third kappa shape index (κ3) is 3.69. The Morgan fingerprint density at radius 3 is 2.93 bits per heavy atom. The lowest BCUT2D eigenvalue weighted by atomic mass is 10.1. The molecule has 1 heterocycles. The van der Waals surface area contributed by atoms with Gasteiger partial charge < -0.3 is 15.5 Å². The van der Waals surface area contributed by atoms with Gasteiger partial charge in [-0.1, -0.05) is 0 Å². The van der Waals surface area contributed by atoms with Crippen LogP contribution in [0.25, 0.3) is 0 Å². The molecule has 0 spiro atoms. The van der Waals surface area contributed by atoms with Crippen molar-refractivity contribution in [3.63, 3.8) is 0 Å². The number of aliphatic hydroxyl groups excluding tert-OH is 2. The molecular weight excluding hydrogens is 198 g/mol. The van der Waals surface area contributed by atoms with Gasteiger partial charge >= 0.3 is 0 Å². The van der Waals surface area contributed by atoms with E-state index in [1.54, 1.807) is 6.07 Å². The summed E-state index contributed by atoms with van der Waals surface area (Å²) in [6.07, 6.45) is -0.127. The molecule has 0 aliphatic heterocycles. The highest BCUT2D eigenvalue weighted by atomic mass is 16.3. The summed E-state index contributed by atoms with van der Waals surface area (Å²) in [5, 5.41) is 27.9. The van der Waals surface area contributed by atoms with E-state index in [4.69, 9.17) is 0 Å². The van der Waals surface area contributed by atoms with Crippen LogP contribution in [0, 0.1) is 0 Å². The molecule has 84 valence electrons. The smallest absolute Gasteiger partial charge is 0.216 e. The average Bonchev–Trinajstić information content (AvgIpc) is 2.68. The lowest BCUT2D eigenvalue weighted by Crippen LogP contribution is -2.27. The van der Waals surface area contributed by atoms with Crippen molar-refractivity contribution in [2.45, 2.75) is 25.6 Å². The van der Waals surface area contributed by atoms with Gasteiger partial charge in [-0.3, -0.25) is 9.89 Å². The van der Waals surface area contributed by atoms with Crippen LogP contribution in [0.3, 0.4) is 0 Å². The minimum atomic E-state index is -0.999. The van der Waals surface area contributed by atoms with Gasteiger partial charge in [0.15, 0.2) is 0 Å². The molecule has 1 aromatic heterocycles. The van der Waals surface area contributed by atoms with E-state index in [1.807, 2.05) is 0 Å². The standard InChI is InChI=1S/C9H15N3O3/c1-6(13)10-4-3-8(14)9(15)7-2-5-11-12-7/h2,5,8-9,14-15H,3-4H2,1H3,(H,10,13)(H,11,12). The number of nitrogens with zero attached hydrogens (tertiary/aromatic N) is 1. The van der Waals surface area contributed by atoms with Crippen LogP contribution in [0.1, 0.15) is 25.1 Å². The topological polar surface area (TPSA) is 98.2 Å². The fourth-order valence-corrected chi connectivity index (χ4v) is 1.19. The predicted molar refractivity (Wildman–Crippen MR) is 52.9 cm³/mol. The highest BCUT2D eigenvalue weighted by Crippen LogP contribution is 2.15. The number of aliphatic hydroxyl groups is 2. The molecule has 0 saturated heterocycles. The van der Waals surface area contributed by atoms with E-state index in [9.17, 15) is 15.0 Å². The van der Waals surface area contributed by atoms with E-state index >= 15 is 0 Å². The molecule has 1 amide bonds. The van der Waals surface area contributed by atoms with Gasteiger partial charge in [-0.15, -0.1) is 0 Å². The van der Waals surface area contributed by atoms with Crippen molar-refractivity contribution in [2.24, 2.45) is 0 Å². The van der Waals surface area contributed by atoms with Crippen LogP contribution in [0.2, 0.25) is 0 Å². The molecule has 1 aromatic rings. The maximum absolute atomic E-state index is 10.6. The molecule has 4 N–H and O–H groups in total. The summed E-state index contributed by atoms with van der Waals surface area (Å²) < 4.78 is 0. The molecule has 15 heavy (non-hydrogen) atoms. The van der Waals surface area contributed by atoms with E-state index in [2.05, 4.69) is 15.5 Å². The summed E-state index contributed by atoms with van der Waals surface area (Å²) in [7, 11) is 0. The summed E-state index contributed by atoms with van der Waals surface area (Å²) in [6.45, 7) is 1.74. The number of carbonyl (C=O) groups is 1. The van der Waals surface area contributed by atoms with Crippen LogP contribution in [0.15, 0.2) is 12.3 Å². The molecule has 1 rings (SSSR count). The lowest BCUT2D eigenvalue weighted by Gasteiger charge is -2.16. The Morgan fingerprint density at radius 1 is 1.67 bits per heavy atom. The van der Waals surface area contributed by atoms with E-state index in [0.717, 1.165) is 0 Å². The zero-order chi connectivity index (χ0) is 11.3. The number of carbonyl (C=O) groups excluding carboxylic acids is 1. The number of H-pyrrole nitrogens is 1. The second-order valence-electron chi connectivity index (χ2n) is 3.30. The first kappa shape index (κ1) is 11.7. The number of rotatable bonds is 5. The van der Waals surface area contributed by atoms with Crippen molar-refractivity contribution in [3.8, 4) is 0 Å². The summed E-state index contributed by atoms with van der Waals surface area (Å²) in [5.74, 6) is -0.154. The van der Waals surface area contributed by atoms with E-state index in [-0.39, 0.29) is 5.91 Å². The first-order valence-corrected chi connectivity index (χ1v) is 4.71. The lowest BCUT2D eigenvalue weighted by molar-refractivity contribution is -0.119. The van der Waals surface area contributed by atoms with Crippen LogP contribution in [0.5, 0.6) is 0 Å². The van der Waals surface area contributed by atoms with Gasteiger partial charge in [0.1, 0.15) is 6.10 Å². The van der Waals surface area contributed by atoms with Gasteiger partial charge in [0.2, 0.25) is 5.91 Å². The zero-order valence-electron chi connectivity index (χ0n) is 8.47. The molecule has 6 heteroatoms. The van der Waals surface area contributed by atoms with Crippen LogP contribution >= 0.6 is 0 Å². The minimum Gasteiger partial charge on any atom is -0.390 e. The maximum atomic E-state index is 10.6. The minimum absolute atomic E-state index is 0.154. The third-order valence-corrected chi connectivity index (χ3v) is 2.02. The number of aromatic amines is 1. The normalized spacial score (nSPS) is 14.6. The van der Waals surface area contributed by atoms with Crippen LogP contribution in [0.4, 0.5) is 0 Å². The Balaban J connectivity index is 2.33. The largest absolute Gasteiger partial charge is 0.390 e. The predicted octanol–water partition coefficient (Wildman–Crippen LogP) is -0.670. The van der Waals surface area contributed by atoms with Gasteiger partial charge in [0, 0.05) is 19.7 Å². The van der Waals surface area contributed by atoms with Crippen molar-refractivity contribution in [1.29, 1.82) is 0 Å². The van der Waals surface area contributed by atoms with Gasteiger partial charge in [0.25, 0.3) is 0 Å². The van der Waals surface area contributed by atoms with Gasteiger partial charge in [-0.2, -0.15) is 5.10 Å². The molecular formula is C9H15N3O3. The Kier molecular flexibility index (Phi) is 4.26. The quantitative estimate of drug-likeness (QED) is 0.521. The van der Waals surface area contributed by atoms with Crippen molar-refractivity contribution in [2.75, 3.05) is 6.54 Å². The third-order valence-electron chi connectivity index (χ3n) is 2.02. The monoisotopic (exact) mass is 213 g/mol. The van der Waals surface area contributed by atoms with Crippen molar-refractivity contribution in [1.82, 2.24) is 15.5 Å². The Hall–Kier alpha value is -1.40.